The number of benzene rings is 1. The van der Waals surface area contributed by atoms with Crippen LogP contribution in [0.5, 0.6) is 0 Å². The van der Waals surface area contributed by atoms with Crippen LogP contribution < -0.4 is 0 Å². The lowest BCUT2D eigenvalue weighted by Gasteiger charge is -2.50. The highest BCUT2D eigenvalue weighted by Crippen LogP contribution is 2.58. The van der Waals surface area contributed by atoms with E-state index in [-0.39, 0.29) is 42.5 Å². The average Bonchev–Trinajstić information content (AvgIpc) is 2.89. The number of sulfone groups is 1. The highest BCUT2D eigenvalue weighted by atomic mass is 32.2. The quantitative estimate of drug-likeness (QED) is 0.804. The van der Waals surface area contributed by atoms with E-state index < -0.39 is 32.4 Å². The number of hydrogen-bond acceptors (Lipinski definition) is 6. The van der Waals surface area contributed by atoms with Crippen LogP contribution in [0.1, 0.15) is 39.5 Å². The lowest BCUT2D eigenvalue weighted by molar-refractivity contribution is -0.236. The normalized spacial score (nSPS) is 37.3. The minimum absolute atomic E-state index is 0.000825. The summed E-state index contributed by atoms with van der Waals surface area (Å²) in [6, 6.07) is 7.99. The molecule has 0 bridgehead atoms. The van der Waals surface area contributed by atoms with Crippen LogP contribution in [-0.4, -0.2) is 47.7 Å². The van der Waals surface area contributed by atoms with Crippen LogP contribution in [0.15, 0.2) is 35.2 Å². The first-order chi connectivity index (χ1) is 12.2. The SMILES string of the molecule is CC(=O)CC1CC(C)CC2(O)O[C@@H](CO)CC12S(=O)(=O)c1ccccc1. The van der Waals surface area contributed by atoms with Gasteiger partial charge in [-0.05, 0) is 37.3 Å². The van der Waals surface area contributed by atoms with Crippen molar-refractivity contribution in [1.82, 2.24) is 0 Å². The molecule has 26 heavy (non-hydrogen) atoms. The van der Waals surface area contributed by atoms with Gasteiger partial charge in [0, 0.05) is 19.3 Å². The van der Waals surface area contributed by atoms with E-state index in [1.165, 1.54) is 19.1 Å². The number of aliphatic hydroxyl groups excluding tert-OH is 1. The Kier molecular flexibility index (Phi) is 5.03. The Balaban J connectivity index is 2.22. The fraction of sp³-hybridized carbons (Fsp3) is 0.632. The van der Waals surface area contributed by atoms with Gasteiger partial charge in [0.25, 0.3) is 0 Å². The van der Waals surface area contributed by atoms with E-state index in [1.54, 1.807) is 18.2 Å². The molecule has 4 unspecified atom stereocenters. The molecule has 7 heteroatoms. The molecule has 2 fully saturated rings. The van der Waals surface area contributed by atoms with Crippen LogP contribution in [0.4, 0.5) is 0 Å². The Morgan fingerprint density at radius 1 is 1.27 bits per heavy atom. The largest absolute Gasteiger partial charge is 0.394 e. The molecule has 1 saturated carbocycles. The molecule has 0 spiro atoms. The van der Waals surface area contributed by atoms with E-state index in [0.717, 1.165) is 0 Å². The molecule has 0 radical (unpaired) electrons. The molecule has 1 aliphatic heterocycles. The average molecular weight is 382 g/mol. The zero-order valence-corrected chi connectivity index (χ0v) is 15.9. The molecule has 3 rings (SSSR count). The van der Waals surface area contributed by atoms with Gasteiger partial charge in [-0.15, -0.1) is 0 Å². The number of Topliss-reactive ketones (excluding diaryl/α,β-unsaturated/α-hetero) is 1. The maximum absolute atomic E-state index is 13.7. The van der Waals surface area contributed by atoms with Crippen molar-refractivity contribution in [3.8, 4) is 0 Å². The molecular weight excluding hydrogens is 356 g/mol. The monoisotopic (exact) mass is 382 g/mol. The molecule has 1 saturated heterocycles. The minimum atomic E-state index is -4.02. The van der Waals surface area contributed by atoms with Gasteiger partial charge in [-0.2, -0.15) is 0 Å². The minimum Gasteiger partial charge on any atom is -0.394 e. The van der Waals surface area contributed by atoms with Crippen molar-refractivity contribution in [3.63, 3.8) is 0 Å². The van der Waals surface area contributed by atoms with E-state index in [0.29, 0.717) is 6.42 Å². The third-order valence-electron chi connectivity index (χ3n) is 5.80. The molecule has 2 N–H and O–H groups in total. The highest BCUT2D eigenvalue weighted by Gasteiger charge is 2.71. The van der Waals surface area contributed by atoms with Gasteiger partial charge in [0.2, 0.25) is 0 Å². The fourth-order valence-electron chi connectivity index (χ4n) is 4.90. The molecule has 5 atom stereocenters. The number of ether oxygens (including phenoxy) is 1. The van der Waals surface area contributed by atoms with Crippen molar-refractivity contribution >= 4 is 15.6 Å². The maximum Gasteiger partial charge on any atom is 0.189 e. The summed E-state index contributed by atoms with van der Waals surface area (Å²) in [6.45, 7) is 2.97. The molecule has 1 heterocycles. The predicted octanol–water partition coefficient (Wildman–Crippen LogP) is 1.69. The molecular formula is C19H26O6S. The van der Waals surface area contributed by atoms with Crippen molar-refractivity contribution in [3.05, 3.63) is 30.3 Å². The van der Waals surface area contributed by atoms with E-state index >= 15 is 0 Å². The molecule has 1 aliphatic carbocycles. The molecule has 0 aromatic heterocycles. The van der Waals surface area contributed by atoms with E-state index in [4.69, 9.17) is 4.74 Å². The van der Waals surface area contributed by atoms with Gasteiger partial charge in [-0.1, -0.05) is 25.1 Å². The third-order valence-corrected chi connectivity index (χ3v) is 8.47. The summed E-state index contributed by atoms with van der Waals surface area (Å²) in [4.78, 5) is 12.0. The standard InChI is InChI=1S/C19H26O6S/c1-13-8-15(9-14(2)21)18(11-16(12-20)25-19(18,22)10-13)26(23,24)17-6-4-3-5-7-17/h3-7,13,15-16,20,22H,8-12H2,1-2H3/t13?,15?,16-,18?,19?/m1/s1. The van der Waals surface area contributed by atoms with Crippen molar-refractivity contribution in [2.45, 2.75) is 61.1 Å². The number of fused-ring (bicyclic) bond motifs is 1. The van der Waals surface area contributed by atoms with Gasteiger partial charge >= 0.3 is 0 Å². The summed E-state index contributed by atoms with van der Waals surface area (Å²) in [6.07, 6.45) is -0.0834. The first-order valence-electron chi connectivity index (χ1n) is 8.96. The molecule has 6 nitrogen and oxygen atoms in total. The Bertz CT molecular complexity index is 776. The van der Waals surface area contributed by atoms with Gasteiger partial charge in [0.1, 0.15) is 10.5 Å². The van der Waals surface area contributed by atoms with E-state index in [2.05, 4.69) is 0 Å². The number of hydrogen-bond donors (Lipinski definition) is 2. The van der Waals surface area contributed by atoms with Gasteiger partial charge in [-0.25, -0.2) is 8.42 Å². The first kappa shape index (κ1) is 19.5. The van der Waals surface area contributed by atoms with Crippen LogP contribution in [0.25, 0.3) is 0 Å². The zero-order valence-electron chi connectivity index (χ0n) is 15.1. The number of carbonyl (C=O) groups is 1. The Hall–Kier alpha value is -1.28. The summed E-state index contributed by atoms with van der Waals surface area (Å²) >= 11 is 0. The Morgan fingerprint density at radius 2 is 1.92 bits per heavy atom. The second-order valence-corrected chi connectivity index (χ2v) is 9.97. The lowest BCUT2D eigenvalue weighted by Crippen LogP contribution is -2.64. The number of ketones is 1. The van der Waals surface area contributed by atoms with Crippen LogP contribution in [0.3, 0.4) is 0 Å². The van der Waals surface area contributed by atoms with Crippen LogP contribution in [0, 0.1) is 11.8 Å². The number of carbonyl (C=O) groups excluding carboxylic acids is 1. The zero-order chi connectivity index (χ0) is 19.2. The van der Waals surface area contributed by atoms with Crippen molar-refractivity contribution in [1.29, 1.82) is 0 Å². The summed E-state index contributed by atoms with van der Waals surface area (Å²) in [5.41, 5.74) is 0. The second-order valence-electron chi connectivity index (χ2n) is 7.76. The van der Waals surface area contributed by atoms with E-state index in [1.807, 2.05) is 6.92 Å². The lowest BCUT2D eigenvalue weighted by atomic mass is 9.68. The molecule has 144 valence electrons. The number of rotatable bonds is 5. The van der Waals surface area contributed by atoms with Crippen molar-refractivity contribution in [2.75, 3.05) is 6.61 Å². The van der Waals surface area contributed by atoms with Gasteiger partial charge < -0.3 is 19.7 Å². The Labute approximate surface area is 154 Å². The molecule has 1 aromatic carbocycles. The summed E-state index contributed by atoms with van der Waals surface area (Å²) in [7, 11) is -4.02. The van der Waals surface area contributed by atoms with E-state index in [9.17, 15) is 23.4 Å². The van der Waals surface area contributed by atoms with Gasteiger partial charge in [0.15, 0.2) is 15.6 Å². The first-order valence-corrected chi connectivity index (χ1v) is 10.4. The predicted molar refractivity (Wildman–Crippen MR) is 95.1 cm³/mol. The topological polar surface area (TPSA) is 101 Å². The third kappa shape index (κ3) is 2.81. The highest BCUT2D eigenvalue weighted by molar-refractivity contribution is 7.93. The summed E-state index contributed by atoms with van der Waals surface area (Å²) < 4.78 is 31.5. The maximum atomic E-state index is 13.7. The number of aliphatic hydroxyl groups is 2. The van der Waals surface area contributed by atoms with Crippen LogP contribution in [0.2, 0.25) is 0 Å². The smallest absolute Gasteiger partial charge is 0.189 e. The van der Waals surface area contributed by atoms with Crippen LogP contribution in [-0.2, 0) is 19.4 Å². The van der Waals surface area contributed by atoms with Crippen molar-refractivity contribution in [2.24, 2.45) is 11.8 Å². The Morgan fingerprint density at radius 3 is 2.50 bits per heavy atom. The molecule has 0 amide bonds. The fourth-order valence-corrected chi connectivity index (χ4v) is 7.41. The molecule has 2 aliphatic rings. The van der Waals surface area contributed by atoms with Crippen LogP contribution >= 0.6 is 0 Å². The summed E-state index contributed by atoms with van der Waals surface area (Å²) in [5.74, 6) is -2.62. The second kappa shape index (κ2) is 6.71. The van der Waals surface area contributed by atoms with Gasteiger partial charge in [0.05, 0.1) is 17.6 Å². The van der Waals surface area contributed by atoms with Crippen molar-refractivity contribution < 1.29 is 28.2 Å². The summed E-state index contributed by atoms with van der Waals surface area (Å²) in [5, 5.41) is 21.0. The molecule has 1 aromatic rings. The van der Waals surface area contributed by atoms with Gasteiger partial charge in [-0.3, -0.25) is 0 Å².